The maximum Gasteiger partial charge on any atom is 0.318 e. The van der Waals surface area contributed by atoms with Crippen LogP contribution in [0.25, 0.3) is 0 Å². The zero-order valence-corrected chi connectivity index (χ0v) is 15.4. The first-order valence-corrected chi connectivity index (χ1v) is 8.58. The van der Waals surface area contributed by atoms with Crippen molar-refractivity contribution in [3.63, 3.8) is 0 Å². The van der Waals surface area contributed by atoms with E-state index in [4.69, 9.17) is 4.74 Å². The molecule has 0 aliphatic carbocycles. The lowest BCUT2D eigenvalue weighted by atomic mass is 10.0. The molecule has 1 heterocycles. The van der Waals surface area contributed by atoms with Gasteiger partial charge in [-0.25, -0.2) is 4.98 Å². The molecule has 0 radical (unpaired) electrons. The maximum atomic E-state index is 12.7. The quantitative estimate of drug-likeness (QED) is 0.473. The van der Waals surface area contributed by atoms with E-state index >= 15 is 0 Å². The number of aromatic nitrogens is 2. The summed E-state index contributed by atoms with van der Waals surface area (Å²) in [5.74, 6) is -0.337. The molecule has 0 fully saturated rings. The molecular weight excluding hydrogens is 324 g/mol. The average molecular weight is 346 g/mol. The molecule has 0 unspecified atom stereocenters. The van der Waals surface area contributed by atoms with Gasteiger partial charge >= 0.3 is 5.97 Å². The number of hydrogen-bond donors (Lipinski definition) is 0. The molecule has 1 aromatic heterocycles. The second-order valence-electron chi connectivity index (χ2n) is 5.71. The van der Waals surface area contributed by atoms with Gasteiger partial charge in [0.1, 0.15) is 5.25 Å². The molecule has 6 heteroatoms. The molecule has 0 spiro atoms. The fourth-order valence-corrected chi connectivity index (χ4v) is 3.35. The molecule has 1 aromatic carbocycles. The largest absolute Gasteiger partial charge is 0.468 e. The van der Waals surface area contributed by atoms with Crippen molar-refractivity contribution in [3.05, 3.63) is 57.0 Å². The van der Waals surface area contributed by atoms with Gasteiger partial charge in [0.25, 0.3) is 5.56 Å². The molecule has 0 aliphatic heterocycles. The molecule has 0 saturated heterocycles. The van der Waals surface area contributed by atoms with Crippen LogP contribution in [-0.4, -0.2) is 27.9 Å². The molecule has 0 bridgehead atoms. The van der Waals surface area contributed by atoms with Crippen LogP contribution in [0, 0.1) is 13.8 Å². The third kappa shape index (κ3) is 3.87. The minimum atomic E-state index is -0.422. The van der Waals surface area contributed by atoms with Crippen molar-refractivity contribution < 1.29 is 9.53 Å². The zero-order chi connectivity index (χ0) is 17.9. The monoisotopic (exact) mass is 346 g/mol. The molecule has 0 saturated carbocycles. The van der Waals surface area contributed by atoms with Gasteiger partial charge < -0.3 is 4.74 Å². The molecule has 1 atom stereocenters. The summed E-state index contributed by atoms with van der Waals surface area (Å²) in [7, 11) is 3.03. The summed E-state index contributed by atoms with van der Waals surface area (Å²) >= 11 is 1.23. The lowest BCUT2D eigenvalue weighted by Crippen LogP contribution is -2.27. The van der Waals surface area contributed by atoms with E-state index in [0.29, 0.717) is 22.8 Å². The third-order valence-corrected chi connectivity index (χ3v) is 5.12. The average Bonchev–Trinajstić information content (AvgIpc) is 2.57. The van der Waals surface area contributed by atoms with Crippen LogP contribution in [0.15, 0.2) is 34.2 Å². The molecule has 2 rings (SSSR count). The van der Waals surface area contributed by atoms with Crippen molar-refractivity contribution in [1.82, 2.24) is 9.55 Å². The number of hydrogen-bond acceptors (Lipinski definition) is 5. The molecule has 5 nitrogen and oxygen atoms in total. The minimum Gasteiger partial charge on any atom is -0.468 e. The molecular formula is C18H22N2O3S. The van der Waals surface area contributed by atoms with Crippen LogP contribution in [0.3, 0.4) is 0 Å². The Morgan fingerprint density at radius 2 is 2.00 bits per heavy atom. The summed E-state index contributed by atoms with van der Waals surface area (Å²) in [5.41, 5.74) is 3.56. The van der Waals surface area contributed by atoms with Gasteiger partial charge in [-0.15, -0.1) is 0 Å². The maximum absolute atomic E-state index is 12.7. The van der Waals surface area contributed by atoms with E-state index < -0.39 is 5.25 Å². The van der Waals surface area contributed by atoms with Crippen molar-refractivity contribution in [3.8, 4) is 0 Å². The highest BCUT2D eigenvalue weighted by molar-refractivity contribution is 8.00. The first-order chi connectivity index (χ1) is 11.3. The van der Waals surface area contributed by atoms with Gasteiger partial charge in [-0.2, -0.15) is 0 Å². The van der Waals surface area contributed by atoms with Crippen molar-refractivity contribution in [2.24, 2.45) is 7.05 Å². The Balaban J connectivity index is 2.37. The van der Waals surface area contributed by atoms with E-state index in [0.717, 1.165) is 11.1 Å². The molecule has 0 N–H and O–H groups in total. The van der Waals surface area contributed by atoms with Crippen LogP contribution in [0.5, 0.6) is 0 Å². The number of carbonyl (C=O) groups excluding carboxylic acids is 1. The minimum absolute atomic E-state index is 0.0784. The summed E-state index contributed by atoms with van der Waals surface area (Å²) < 4.78 is 6.23. The predicted molar refractivity (Wildman–Crippen MR) is 95.5 cm³/mol. The van der Waals surface area contributed by atoms with E-state index in [2.05, 4.69) is 4.98 Å². The number of nitrogens with zero attached hydrogens (tertiary/aromatic N) is 2. The zero-order valence-electron chi connectivity index (χ0n) is 14.6. The third-order valence-electron chi connectivity index (χ3n) is 3.99. The van der Waals surface area contributed by atoms with E-state index in [1.165, 1.54) is 23.4 Å². The van der Waals surface area contributed by atoms with Crippen LogP contribution < -0.4 is 5.56 Å². The highest BCUT2D eigenvalue weighted by Gasteiger charge is 2.19. The first-order valence-electron chi connectivity index (χ1n) is 7.70. The van der Waals surface area contributed by atoms with E-state index in [1.54, 1.807) is 14.0 Å². The van der Waals surface area contributed by atoms with E-state index in [9.17, 15) is 9.59 Å². The Morgan fingerprint density at radius 3 is 2.62 bits per heavy atom. The topological polar surface area (TPSA) is 61.2 Å². The Kier molecular flexibility index (Phi) is 5.83. The number of ether oxygens (including phenoxy) is 1. The fraction of sp³-hybridized carbons (Fsp3) is 0.389. The van der Waals surface area contributed by atoms with Gasteiger partial charge in [0.05, 0.1) is 7.11 Å². The van der Waals surface area contributed by atoms with Crippen molar-refractivity contribution >= 4 is 17.7 Å². The highest BCUT2D eigenvalue weighted by Crippen LogP contribution is 2.22. The van der Waals surface area contributed by atoms with Crippen LogP contribution in [0.2, 0.25) is 0 Å². The van der Waals surface area contributed by atoms with Gasteiger partial charge in [0, 0.05) is 24.7 Å². The number of esters is 1. The second-order valence-corrected chi connectivity index (χ2v) is 7.02. The fourth-order valence-electron chi connectivity index (χ4n) is 2.41. The van der Waals surface area contributed by atoms with Crippen LogP contribution >= 0.6 is 11.8 Å². The van der Waals surface area contributed by atoms with Gasteiger partial charge in [-0.05, 0) is 31.9 Å². The Morgan fingerprint density at radius 1 is 1.33 bits per heavy atom. The Hall–Kier alpha value is -2.08. The number of rotatable bonds is 5. The standard InChI is InChI=1S/C18H22N2O3S/c1-11-8-6-7-9-14(11)10-15-12(2)19-18(20(4)16(15)21)24-13(3)17(22)23-5/h6-9,13H,10H2,1-5H3/t13-/m1/s1. The van der Waals surface area contributed by atoms with Crippen molar-refractivity contribution in [1.29, 1.82) is 0 Å². The molecule has 2 aromatic rings. The van der Waals surface area contributed by atoms with Gasteiger partial charge in [-0.1, -0.05) is 36.0 Å². The summed E-state index contributed by atoms with van der Waals surface area (Å²) in [5, 5.41) is 0.0960. The normalized spacial score (nSPS) is 12.0. The van der Waals surface area contributed by atoms with Crippen LogP contribution in [0.1, 0.15) is 29.3 Å². The van der Waals surface area contributed by atoms with E-state index in [-0.39, 0.29) is 11.5 Å². The molecule has 24 heavy (non-hydrogen) atoms. The van der Waals surface area contributed by atoms with Gasteiger partial charge in [0.15, 0.2) is 5.16 Å². The van der Waals surface area contributed by atoms with E-state index in [1.807, 2.05) is 38.1 Å². The summed E-state index contributed by atoms with van der Waals surface area (Å²) in [6.07, 6.45) is 0.551. The number of thioether (sulfide) groups is 1. The van der Waals surface area contributed by atoms with Crippen LogP contribution in [0.4, 0.5) is 0 Å². The Labute approximate surface area is 146 Å². The molecule has 128 valence electrons. The lowest BCUT2D eigenvalue weighted by molar-refractivity contribution is -0.139. The highest BCUT2D eigenvalue weighted by atomic mass is 32.2. The number of methoxy groups -OCH3 is 1. The smallest absolute Gasteiger partial charge is 0.318 e. The summed E-state index contributed by atoms with van der Waals surface area (Å²) in [6, 6.07) is 8.01. The molecule has 0 aliphatic rings. The van der Waals surface area contributed by atoms with Crippen molar-refractivity contribution in [2.75, 3.05) is 7.11 Å². The van der Waals surface area contributed by atoms with Gasteiger partial charge in [0.2, 0.25) is 0 Å². The molecule has 0 amide bonds. The first kappa shape index (κ1) is 18.3. The Bertz CT molecular complexity index is 814. The van der Waals surface area contributed by atoms with Crippen molar-refractivity contribution in [2.45, 2.75) is 37.6 Å². The summed E-state index contributed by atoms with van der Waals surface area (Å²) in [4.78, 5) is 28.9. The summed E-state index contributed by atoms with van der Waals surface area (Å²) in [6.45, 7) is 5.60. The number of aryl methyl sites for hydroxylation is 2. The van der Waals surface area contributed by atoms with Gasteiger partial charge in [-0.3, -0.25) is 14.2 Å². The number of benzene rings is 1. The second kappa shape index (κ2) is 7.66. The predicted octanol–water partition coefficient (Wildman–Crippen LogP) is 2.64. The lowest BCUT2D eigenvalue weighted by Gasteiger charge is -2.15. The number of carbonyl (C=O) groups is 1. The van der Waals surface area contributed by atoms with Crippen LogP contribution in [-0.2, 0) is 23.0 Å². The SMILES string of the molecule is COC(=O)[C@@H](C)Sc1nc(C)c(Cc2ccccc2C)c(=O)n1C.